The maximum absolute atomic E-state index is 13.2. The Morgan fingerprint density at radius 2 is 2.14 bits per heavy atom. The highest BCUT2D eigenvalue weighted by molar-refractivity contribution is 7.87. The molecule has 0 saturated carbocycles. The van der Waals surface area contributed by atoms with E-state index in [1.54, 1.807) is 30.5 Å². The highest BCUT2D eigenvalue weighted by Crippen LogP contribution is 2.35. The fourth-order valence-electron chi connectivity index (χ4n) is 2.63. The zero-order valence-electron chi connectivity index (χ0n) is 11.7. The number of aromatic nitrogens is 1. The summed E-state index contributed by atoms with van der Waals surface area (Å²) in [6, 6.07) is 6.75. The lowest BCUT2D eigenvalue weighted by Crippen LogP contribution is -2.27. The van der Waals surface area contributed by atoms with Crippen molar-refractivity contribution in [2.45, 2.75) is 11.7 Å². The van der Waals surface area contributed by atoms with Crippen molar-refractivity contribution >= 4 is 32.7 Å². The molecule has 1 saturated heterocycles. The molecule has 1 amide bonds. The summed E-state index contributed by atoms with van der Waals surface area (Å²) in [6.07, 6.45) is 1.24. The van der Waals surface area contributed by atoms with Gasteiger partial charge < -0.3 is 9.64 Å². The molecule has 0 radical (unpaired) electrons. The van der Waals surface area contributed by atoms with Gasteiger partial charge >= 0.3 is 10.2 Å². The number of pyridine rings is 1. The Morgan fingerprint density at radius 1 is 1.36 bits per heavy atom. The molecule has 1 aromatic heterocycles. The molecule has 3 rings (SSSR count). The van der Waals surface area contributed by atoms with Gasteiger partial charge in [-0.3, -0.25) is 9.78 Å². The van der Waals surface area contributed by atoms with Crippen LogP contribution in [0.2, 0.25) is 0 Å². The van der Waals surface area contributed by atoms with Crippen LogP contribution in [-0.4, -0.2) is 38.2 Å². The van der Waals surface area contributed by atoms with Gasteiger partial charge in [0.1, 0.15) is 16.5 Å². The molecule has 1 aliphatic rings. The van der Waals surface area contributed by atoms with Crippen LogP contribution in [0.4, 0.5) is 9.57 Å². The fraction of sp³-hybridized carbons (Fsp3) is 0.286. The molecule has 0 spiro atoms. The van der Waals surface area contributed by atoms with Crippen molar-refractivity contribution in [2.75, 3.05) is 18.6 Å². The standard InChI is InChI=1S/C14H13FN2O4S/c1-21-12-5-4-11(10-3-2-6-16-14(10)12)17-8-9(7-13(17)18)22(15,19)20/h2-6,9H,7-8H2,1H3. The van der Waals surface area contributed by atoms with Gasteiger partial charge in [0.05, 0.1) is 12.8 Å². The van der Waals surface area contributed by atoms with Crippen LogP contribution in [0.1, 0.15) is 6.42 Å². The number of hydrogen-bond donors (Lipinski definition) is 0. The molecule has 1 atom stereocenters. The average Bonchev–Trinajstić information content (AvgIpc) is 2.88. The third-order valence-electron chi connectivity index (χ3n) is 3.71. The summed E-state index contributed by atoms with van der Waals surface area (Å²) in [5.41, 5.74) is 1.06. The Bertz CT molecular complexity index is 853. The highest BCUT2D eigenvalue weighted by atomic mass is 32.3. The zero-order valence-corrected chi connectivity index (χ0v) is 12.5. The number of ether oxygens (including phenoxy) is 1. The van der Waals surface area contributed by atoms with Crippen LogP contribution in [0.15, 0.2) is 30.5 Å². The minimum absolute atomic E-state index is 0.200. The summed E-state index contributed by atoms with van der Waals surface area (Å²) in [5, 5.41) is -0.680. The summed E-state index contributed by atoms with van der Waals surface area (Å²) in [5.74, 6) is 0.113. The molecule has 22 heavy (non-hydrogen) atoms. The second-order valence-corrected chi connectivity index (χ2v) is 6.61. The molecule has 0 aliphatic carbocycles. The lowest BCUT2D eigenvalue weighted by atomic mass is 10.1. The van der Waals surface area contributed by atoms with Gasteiger partial charge in [-0.25, -0.2) is 0 Å². The summed E-state index contributed by atoms with van der Waals surface area (Å²) in [4.78, 5) is 17.6. The third-order valence-corrected chi connectivity index (χ3v) is 4.82. The predicted octanol–water partition coefficient (Wildman–Crippen LogP) is 1.65. The summed E-state index contributed by atoms with van der Waals surface area (Å²) in [7, 11) is -3.24. The second kappa shape index (κ2) is 5.20. The van der Waals surface area contributed by atoms with Crippen molar-refractivity contribution in [3.8, 4) is 5.75 Å². The largest absolute Gasteiger partial charge is 0.494 e. The number of hydrogen-bond acceptors (Lipinski definition) is 5. The van der Waals surface area contributed by atoms with E-state index in [0.717, 1.165) is 0 Å². The van der Waals surface area contributed by atoms with Gasteiger partial charge in [0.15, 0.2) is 0 Å². The van der Waals surface area contributed by atoms with Crippen molar-refractivity contribution in [3.05, 3.63) is 30.5 Å². The normalized spacial score (nSPS) is 18.9. The molecule has 1 aliphatic heterocycles. The first-order valence-electron chi connectivity index (χ1n) is 6.57. The van der Waals surface area contributed by atoms with Crippen molar-refractivity contribution in [1.82, 2.24) is 4.98 Å². The third kappa shape index (κ3) is 2.39. The van der Waals surface area contributed by atoms with Crippen molar-refractivity contribution in [3.63, 3.8) is 0 Å². The van der Waals surface area contributed by atoms with Gasteiger partial charge in [0, 0.05) is 24.5 Å². The molecule has 116 valence electrons. The Labute approximate surface area is 126 Å². The first-order valence-corrected chi connectivity index (χ1v) is 8.02. The number of fused-ring (bicyclic) bond motifs is 1. The van der Waals surface area contributed by atoms with E-state index in [1.165, 1.54) is 12.0 Å². The van der Waals surface area contributed by atoms with Crippen LogP contribution >= 0.6 is 0 Å². The van der Waals surface area contributed by atoms with Crippen LogP contribution < -0.4 is 9.64 Å². The lowest BCUT2D eigenvalue weighted by Gasteiger charge is -2.19. The van der Waals surface area contributed by atoms with Crippen LogP contribution in [-0.2, 0) is 15.0 Å². The van der Waals surface area contributed by atoms with Crippen LogP contribution in [0, 0.1) is 0 Å². The smallest absolute Gasteiger partial charge is 0.307 e. The van der Waals surface area contributed by atoms with Crippen LogP contribution in [0.5, 0.6) is 5.75 Å². The SMILES string of the molecule is COc1ccc(N2CC(S(=O)(=O)F)CC2=O)c2cccnc12. The van der Waals surface area contributed by atoms with E-state index in [0.29, 0.717) is 22.3 Å². The molecule has 2 heterocycles. The van der Waals surface area contributed by atoms with E-state index in [2.05, 4.69) is 4.98 Å². The highest BCUT2D eigenvalue weighted by Gasteiger charge is 2.39. The van der Waals surface area contributed by atoms with Crippen molar-refractivity contribution < 1.29 is 21.8 Å². The average molecular weight is 324 g/mol. The van der Waals surface area contributed by atoms with E-state index in [4.69, 9.17) is 4.74 Å². The van der Waals surface area contributed by atoms with Gasteiger partial charge in [0.25, 0.3) is 0 Å². The first-order chi connectivity index (χ1) is 10.4. The van der Waals surface area contributed by atoms with E-state index >= 15 is 0 Å². The molecular formula is C14H13FN2O4S. The molecule has 6 nitrogen and oxygen atoms in total. The van der Waals surface area contributed by atoms with Gasteiger partial charge in [-0.2, -0.15) is 8.42 Å². The molecule has 1 fully saturated rings. The number of benzene rings is 1. The lowest BCUT2D eigenvalue weighted by molar-refractivity contribution is -0.117. The van der Waals surface area contributed by atoms with Crippen molar-refractivity contribution in [2.24, 2.45) is 0 Å². The minimum Gasteiger partial charge on any atom is -0.494 e. The van der Waals surface area contributed by atoms with E-state index in [9.17, 15) is 17.1 Å². The quantitative estimate of drug-likeness (QED) is 0.802. The van der Waals surface area contributed by atoms with E-state index in [-0.39, 0.29) is 13.0 Å². The molecule has 1 aromatic carbocycles. The number of anilines is 1. The number of methoxy groups -OCH3 is 1. The topological polar surface area (TPSA) is 76.6 Å². The molecule has 0 N–H and O–H groups in total. The summed E-state index contributed by atoms with van der Waals surface area (Å²) < 4.78 is 40.5. The maximum atomic E-state index is 13.2. The number of amides is 1. The van der Waals surface area contributed by atoms with Crippen molar-refractivity contribution in [1.29, 1.82) is 0 Å². The molecule has 0 bridgehead atoms. The summed E-state index contributed by atoms with van der Waals surface area (Å²) in [6.45, 7) is -0.200. The monoisotopic (exact) mass is 324 g/mol. The molecular weight excluding hydrogens is 311 g/mol. The summed E-state index contributed by atoms with van der Waals surface area (Å²) >= 11 is 0. The van der Waals surface area contributed by atoms with Crippen LogP contribution in [0.3, 0.4) is 0 Å². The Balaban J connectivity index is 2.10. The Morgan fingerprint density at radius 3 is 2.77 bits per heavy atom. The molecule has 2 aromatic rings. The second-order valence-electron chi connectivity index (χ2n) is 4.99. The van der Waals surface area contributed by atoms with Crippen LogP contribution in [0.25, 0.3) is 10.9 Å². The minimum atomic E-state index is -4.75. The number of carbonyl (C=O) groups excluding carboxylic acids is 1. The fourth-order valence-corrected chi connectivity index (χ4v) is 3.30. The zero-order chi connectivity index (χ0) is 15.9. The van der Waals surface area contributed by atoms with Gasteiger partial charge in [0.2, 0.25) is 5.91 Å². The maximum Gasteiger partial charge on any atom is 0.307 e. The van der Waals surface area contributed by atoms with Gasteiger partial charge in [-0.1, -0.05) is 0 Å². The number of nitrogens with zero attached hydrogens (tertiary/aromatic N) is 2. The Kier molecular flexibility index (Phi) is 3.48. The van der Waals surface area contributed by atoms with E-state index in [1.807, 2.05) is 0 Å². The first kappa shape index (κ1) is 14.7. The predicted molar refractivity (Wildman–Crippen MR) is 79.1 cm³/mol. The Hall–Kier alpha value is -2.22. The molecule has 1 unspecified atom stereocenters. The number of carbonyl (C=O) groups is 1. The number of rotatable bonds is 3. The van der Waals surface area contributed by atoms with Gasteiger partial charge in [-0.15, -0.1) is 3.89 Å². The number of halogens is 1. The molecule has 8 heteroatoms. The van der Waals surface area contributed by atoms with Gasteiger partial charge in [-0.05, 0) is 24.3 Å². The van der Waals surface area contributed by atoms with E-state index < -0.39 is 21.4 Å².